The fourth-order valence-electron chi connectivity index (χ4n) is 2.42. The van der Waals surface area contributed by atoms with Gasteiger partial charge in [-0.05, 0) is 18.1 Å². The van der Waals surface area contributed by atoms with E-state index in [1.54, 1.807) is 31.2 Å². The van der Waals surface area contributed by atoms with Crippen LogP contribution < -0.4 is 10.7 Å². The molecule has 0 saturated heterocycles. The molecule has 2 aromatic rings. The highest BCUT2D eigenvalue weighted by atomic mass is 16.5. The lowest BCUT2D eigenvalue weighted by atomic mass is 9.99. The maximum absolute atomic E-state index is 12.1. The van der Waals surface area contributed by atoms with E-state index in [0.717, 1.165) is 6.07 Å². The summed E-state index contributed by atoms with van der Waals surface area (Å²) >= 11 is 0. The quantitative estimate of drug-likeness (QED) is 0.732. The summed E-state index contributed by atoms with van der Waals surface area (Å²) in [5.41, 5.74) is -0.153. The van der Waals surface area contributed by atoms with Crippen molar-refractivity contribution in [3.05, 3.63) is 46.3 Å². The molecule has 0 radical (unpaired) electrons. The van der Waals surface area contributed by atoms with Crippen LogP contribution in [0, 0.1) is 5.92 Å². The van der Waals surface area contributed by atoms with E-state index in [1.165, 1.54) is 7.11 Å². The second kappa shape index (κ2) is 8.98. The Kier molecular flexibility index (Phi) is 6.70. The molecule has 0 unspecified atom stereocenters. The molecule has 0 spiro atoms. The minimum atomic E-state index is -0.953. The van der Waals surface area contributed by atoms with Crippen molar-refractivity contribution in [3.63, 3.8) is 0 Å². The van der Waals surface area contributed by atoms with Crippen LogP contribution >= 0.6 is 0 Å². The van der Waals surface area contributed by atoms with Crippen LogP contribution in [0.5, 0.6) is 0 Å². The van der Waals surface area contributed by atoms with Gasteiger partial charge in [-0.15, -0.1) is 0 Å². The van der Waals surface area contributed by atoms with Crippen LogP contribution in [0.2, 0.25) is 0 Å². The first kappa shape index (κ1) is 20.2. The predicted molar refractivity (Wildman–Crippen MR) is 96.2 cm³/mol. The van der Waals surface area contributed by atoms with Gasteiger partial charge in [0.1, 0.15) is 11.6 Å². The van der Waals surface area contributed by atoms with Gasteiger partial charge in [0.2, 0.25) is 5.76 Å². The number of nitrogens with one attached hydrogen (secondary N) is 1. The molecule has 8 nitrogen and oxygen atoms in total. The van der Waals surface area contributed by atoms with Crippen molar-refractivity contribution in [1.82, 2.24) is 5.32 Å². The predicted octanol–water partition coefficient (Wildman–Crippen LogP) is 1.65. The summed E-state index contributed by atoms with van der Waals surface area (Å²) in [6.07, 6.45) is 0.641. The smallest absolute Gasteiger partial charge is 0.374 e. The Morgan fingerprint density at radius 2 is 1.93 bits per heavy atom. The number of rotatable bonds is 7. The van der Waals surface area contributed by atoms with E-state index in [4.69, 9.17) is 9.15 Å². The lowest BCUT2D eigenvalue weighted by molar-refractivity contribution is -0.147. The van der Waals surface area contributed by atoms with E-state index >= 15 is 0 Å². The number of hydrogen-bond donors (Lipinski definition) is 1. The Balaban J connectivity index is 2.03. The molecule has 1 aromatic heterocycles. The Labute approximate surface area is 155 Å². The van der Waals surface area contributed by atoms with Crippen molar-refractivity contribution < 1.29 is 28.3 Å². The first-order chi connectivity index (χ1) is 12.9. The molecule has 1 heterocycles. The van der Waals surface area contributed by atoms with Crippen molar-refractivity contribution >= 4 is 28.8 Å². The lowest BCUT2D eigenvalue weighted by Crippen LogP contribution is -2.47. The molecule has 144 valence electrons. The highest BCUT2D eigenvalue weighted by Crippen LogP contribution is 2.13. The van der Waals surface area contributed by atoms with Gasteiger partial charge >= 0.3 is 11.9 Å². The number of para-hydroxylation sites is 1. The standard InChI is InChI=1S/C19H21NO7/c1-4-11(2)17(19(24)25-3)20-16(22)10-26-18(23)15-9-13(21)12-7-5-6-8-14(12)27-15/h5-9,11,17H,4,10H2,1-3H3,(H,20,22)/t11-,17-/m0/s1. The molecule has 0 bridgehead atoms. The normalized spacial score (nSPS) is 12.9. The van der Waals surface area contributed by atoms with E-state index in [0.29, 0.717) is 11.8 Å². The highest BCUT2D eigenvalue weighted by Gasteiger charge is 2.27. The van der Waals surface area contributed by atoms with Crippen molar-refractivity contribution in [2.45, 2.75) is 26.3 Å². The van der Waals surface area contributed by atoms with E-state index in [2.05, 4.69) is 10.1 Å². The van der Waals surface area contributed by atoms with Gasteiger partial charge in [0.05, 0.1) is 12.5 Å². The van der Waals surface area contributed by atoms with Gasteiger partial charge in [0.25, 0.3) is 5.91 Å². The van der Waals surface area contributed by atoms with Crippen LogP contribution in [0.4, 0.5) is 0 Å². The molecule has 1 N–H and O–H groups in total. The van der Waals surface area contributed by atoms with Crippen molar-refractivity contribution in [1.29, 1.82) is 0 Å². The van der Waals surface area contributed by atoms with E-state index in [1.807, 2.05) is 6.92 Å². The van der Waals surface area contributed by atoms with Gasteiger partial charge in [-0.25, -0.2) is 9.59 Å². The van der Waals surface area contributed by atoms with Crippen LogP contribution in [0.3, 0.4) is 0 Å². The van der Waals surface area contributed by atoms with Crippen LogP contribution in [0.25, 0.3) is 11.0 Å². The number of hydrogen-bond acceptors (Lipinski definition) is 7. The lowest BCUT2D eigenvalue weighted by Gasteiger charge is -2.21. The molecule has 0 aliphatic heterocycles. The monoisotopic (exact) mass is 375 g/mol. The Hall–Kier alpha value is -3.16. The number of benzene rings is 1. The van der Waals surface area contributed by atoms with Crippen LogP contribution in [0.15, 0.2) is 39.5 Å². The first-order valence-corrected chi connectivity index (χ1v) is 8.44. The number of ether oxygens (including phenoxy) is 2. The fourth-order valence-corrected chi connectivity index (χ4v) is 2.42. The highest BCUT2D eigenvalue weighted by molar-refractivity contribution is 5.91. The minimum absolute atomic E-state index is 0.157. The average molecular weight is 375 g/mol. The molecule has 0 saturated carbocycles. The maximum atomic E-state index is 12.1. The zero-order valence-electron chi connectivity index (χ0n) is 15.3. The van der Waals surface area contributed by atoms with Crippen molar-refractivity contribution in [2.75, 3.05) is 13.7 Å². The third-order valence-corrected chi connectivity index (χ3v) is 4.15. The molecule has 0 aliphatic rings. The van der Waals surface area contributed by atoms with Crippen LogP contribution in [-0.4, -0.2) is 37.6 Å². The number of methoxy groups -OCH3 is 1. The van der Waals surface area contributed by atoms with E-state index in [-0.39, 0.29) is 17.3 Å². The average Bonchev–Trinajstić information content (AvgIpc) is 2.68. The van der Waals surface area contributed by atoms with Crippen LogP contribution in [0.1, 0.15) is 30.8 Å². The molecule has 2 atom stereocenters. The largest absolute Gasteiger partial charge is 0.467 e. The summed E-state index contributed by atoms with van der Waals surface area (Å²) in [6, 6.07) is 6.63. The van der Waals surface area contributed by atoms with Gasteiger partial charge in [-0.3, -0.25) is 9.59 Å². The molecule has 1 aromatic carbocycles. The van der Waals surface area contributed by atoms with Gasteiger partial charge in [0.15, 0.2) is 12.0 Å². The van der Waals surface area contributed by atoms with Crippen molar-refractivity contribution in [2.24, 2.45) is 5.92 Å². The van der Waals surface area contributed by atoms with Gasteiger partial charge in [-0.2, -0.15) is 0 Å². The first-order valence-electron chi connectivity index (χ1n) is 8.44. The minimum Gasteiger partial charge on any atom is -0.467 e. The number of esters is 2. The second-order valence-electron chi connectivity index (χ2n) is 6.00. The number of carbonyl (C=O) groups excluding carboxylic acids is 3. The van der Waals surface area contributed by atoms with E-state index in [9.17, 15) is 19.2 Å². The zero-order valence-corrected chi connectivity index (χ0v) is 15.3. The molecule has 0 aliphatic carbocycles. The molecule has 1 amide bonds. The summed E-state index contributed by atoms with van der Waals surface area (Å²) in [5, 5.41) is 2.82. The zero-order chi connectivity index (χ0) is 20.0. The summed E-state index contributed by atoms with van der Waals surface area (Å²) in [5.74, 6) is -2.66. The summed E-state index contributed by atoms with van der Waals surface area (Å²) < 4.78 is 14.9. The summed E-state index contributed by atoms with van der Waals surface area (Å²) in [6.45, 7) is 3.03. The van der Waals surface area contributed by atoms with Gasteiger partial charge in [0, 0.05) is 6.07 Å². The molecule has 0 fully saturated rings. The maximum Gasteiger partial charge on any atom is 0.374 e. The van der Waals surface area contributed by atoms with Gasteiger partial charge < -0.3 is 19.2 Å². The molecule has 27 heavy (non-hydrogen) atoms. The third kappa shape index (κ3) is 4.93. The Bertz CT molecular complexity index is 902. The molecule has 2 rings (SSSR count). The molecular weight excluding hydrogens is 354 g/mol. The third-order valence-electron chi connectivity index (χ3n) is 4.15. The Morgan fingerprint density at radius 1 is 1.22 bits per heavy atom. The van der Waals surface area contributed by atoms with Crippen LogP contribution in [-0.2, 0) is 19.1 Å². The number of carbonyl (C=O) groups is 3. The molecule has 8 heteroatoms. The van der Waals surface area contributed by atoms with Crippen molar-refractivity contribution in [3.8, 4) is 0 Å². The molecular formula is C19H21NO7. The SMILES string of the molecule is CC[C@H](C)[C@H](NC(=O)COC(=O)c1cc(=O)c2ccccc2o1)C(=O)OC. The number of fused-ring (bicyclic) bond motifs is 1. The Morgan fingerprint density at radius 3 is 2.59 bits per heavy atom. The number of amides is 1. The second-order valence-corrected chi connectivity index (χ2v) is 6.00. The summed E-state index contributed by atoms with van der Waals surface area (Å²) in [7, 11) is 1.23. The van der Waals surface area contributed by atoms with E-state index < -0.39 is 35.9 Å². The van der Waals surface area contributed by atoms with Gasteiger partial charge in [-0.1, -0.05) is 32.4 Å². The summed E-state index contributed by atoms with van der Waals surface area (Å²) in [4.78, 5) is 47.9. The topological polar surface area (TPSA) is 112 Å². The fraction of sp³-hybridized carbons (Fsp3) is 0.368.